The van der Waals surface area contributed by atoms with Crippen molar-refractivity contribution in [2.24, 2.45) is 0 Å². The summed E-state index contributed by atoms with van der Waals surface area (Å²) in [5.41, 5.74) is 0. The smallest absolute Gasteiger partial charge is 0.273 e. The van der Waals surface area contributed by atoms with Crippen LogP contribution in [0.2, 0.25) is 0 Å². The molecular formula is C5H5Ir+2. The largest absolute Gasteiger partial charge is 3.00 e. The first-order valence-corrected chi connectivity index (χ1v) is 1.72. The Balaban J connectivity index is 0.000000250. The van der Waals surface area contributed by atoms with E-state index in [2.05, 4.69) is 12.2 Å². The Labute approximate surface area is 51.3 Å². The molecule has 0 aromatic carbocycles. The molecule has 1 aliphatic rings. The van der Waals surface area contributed by atoms with Crippen LogP contribution in [0.1, 0.15) is 6.42 Å². The quantitative estimate of drug-likeness (QED) is 0.574. The molecule has 1 rings (SSSR count). The van der Waals surface area contributed by atoms with E-state index < -0.39 is 0 Å². The van der Waals surface area contributed by atoms with E-state index in [0.717, 1.165) is 6.42 Å². The molecule has 0 fully saturated rings. The van der Waals surface area contributed by atoms with E-state index in [0.29, 0.717) is 0 Å². The summed E-state index contributed by atoms with van der Waals surface area (Å²) < 4.78 is 0. The molecular weight excluding hydrogens is 252 g/mol. The molecule has 0 amide bonds. The van der Waals surface area contributed by atoms with Gasteiger partial charge in [0.15, 0.2) is 0 Å². The van der Waals surface area contributed by atoms with E-state index in [1.165, 1.54) is 0 Å². The topological polar surface area (TPSA) is 0 Å². The van der Waals surface area contributed by atoms with Crippen LogP contribution < -0.4 is 0 Å². The van der Waals surface area contributed by atoms with Crippen molar-refractivity contribution >= 4 is 0 Å². The van der Waals surface area contributed by atoms with Gasteiger partial charge in [0.2, 0.25) is 0 Å². The third-order valence-corrected chi connectivity index (χ3v) is 0.586. The number of hydrogen-bond acceptors (Lipinski definition) is 0. The minimum Gasteiger partial charge on any atom is -0.273 e. The minimum atomic E-state index is 0. The van der Waals surface area contributed by atoms with Crippen LogP contribution in [0.3, 0.4) is 0 Å². The van der Waals surface area contributed by atoms with Crippen molar-refractivity contribution in [1.82, 2.24) is 0 Å². The van der Waals surface area contributed by atoms with Crippen LogP contribution >= 0.6 is 0 Å². The Bertz CT molecular complexity index is 62.0. The second-order valence-corrected chi connectivity index (χ2v) is 1.00. The molecule has 1 heteroatoms. The van der Waals surface area contributed by atoms with Gasteiger partial charge in [-0.1, -0.05) is 0 Å². The molecule has 0 aromatic rings. The summed E-state index contributed by atoms with van der Waals surface area (Å²) >= 11 is 0. The van der Waals surface area contributed by atoms with Gasteiger partial charge in [-0.15, -0.1) is 6.42 Å². The van der Waals surface area contributed by atoms with Crippen LogP contribution in [0.25, 0.3) is 0 Å². The SMILES string of the molecule is [C-]1=CC=CC1.[Ir+3]. The first-order chi connectivity index (χ1) is 2.50. The first kappa shape index (κ1) is 6.13. The average molecular weight is 257 g/mol. The van der Waals surface area contributed by atoms with Crippen LogP contribution in [-0.2, 0) is 20.1 Å². The van der Waals surface area contributed by atoms with Crippen molar-refractivity contribution in [3.05, 3.63) is 24.3 Å². The van der Waals surface area contributed by atoms with Gasteiger partial charge in [-0.3, -0.25) is 6.08 Å². The monoisotopic (exact) mass is 258 g/mol. The number of allylic oxidation sites excluding steroid dienone is 4. The van der Waals surface area contributed by atoms with Crippen molar-refractivity contribution in [2.75, 3.05) is 0 Å². The summed E-state index contributed by atoms with van der Waals surface area (Å²) in [6, 6.07) is 0. The Morgan fingerprint density at radius 2 is 2.33 bits per heavy atom. The van der Waals surface area contributed by atoms with Gasteiger partial charge in [0.25, 0.3) is 0 Å². The van der Waals surface area contributed by atoms with Gasteiger partial charge in [0.1, 0.15) is 0 Å². The fraction of sp³-hybridized carbons (Fsp3) is 0.200. The molecule has 0 aromatic heterocycles. The van der Waals surface area contributed by atoms with E-state index in [1.807, 2.05) is 12.2 Å². The average Bonchev–Trinajstić information content (AvgIpc) is 1.76. The fourth-order valence-corrected chi connectivity index (χ4v) is 0.340. The maximum absolute atomic E-state index is 2.99. The second-order valence-electron chi connectivity index (χ2n) is 1.00. The van der Waals surface area contributed by atoms with E-state index in [-0.39, 0.29) is 20.1 Å². The van der Waals surface area contributed by atoms with E-state index in [4.69, 9.17) is 0 Å². The van der Waals surface area contributed by atoms with Crippen LogP contribution in [0, 0.1) is 6.08 Å². The summed E-state index contributed by atoms with van der Waals surface area (Å²) in [6.07, 6.45) is 10.0. The molecule has 0 atom stereocenters. The fourth-order valence-electron chi connectivity index (χ4n) is 0.340. The molecule has 32 valence electrons. The maximum atomic E-state index is 2.99. The van der Waals surface area contributed by atoms with E-state index >= 15 is 0 Å². The predicted molar refractivity (Wildman–Crippen MR) is 21.6 cm³/mol. The maximum Gasteiger partial charge on any atom is 3.00 e. The standard InChI is InChI=1S/C5H5.Ir/c1-2-4-5-3-1;/h1-3H,4H2;/q-1;+3. The molecule has 0 N–H and O–H groups in total. The molecule has 0 bridgehead atoms. The second kappa shape index (κ2) is 3.32. The molecule has 0 heterocycles. The predicted octanol–water partition coefficient (Wildman–Crippen LogP) is 1.30. The summed E-state index contributed by atoms with van der Waals surface area (Å²) in [5.74, 6) is 0. The van der Waals surface area contributed by atoms with Crippen LogP contribution in [0.4, 0.5) is 0 Å². The summed E-state index contributed by atoms with van der Waals surface area (Å²) in [5, 5.41) is 0. The number of hydrogen-bond donors (Lipinski definition) is 0. The molecule has 0 saturated heterocycles. The van der Waals surface area contributed by atoms with Crippen LogP contribution in [0.15, 0.2) is 18.2 Å². The zero-order valence-corrected chi connectivity index (χ0v) is 5.67. The molecule has 0 saturated carbocycles. The first-order valence-electron chi connectivity index (χ1n) is 1.72. The van der Waals surface area contributed by atoms with Crippen molar-refractivity contribution in [3.63, 3.8) is 0 Å². The molecule has 0 nitrogen and oxygen atoms in total. The van der Waals surface area contributed by atoms with Gasteiger partial charge < -0.3 is 0 Å². The van der Waals surface area contributed by atoms with Gasteiger partial charge in [0, 0.05) is 0 Å². The molecule has 0 aliphatic heterocycles. The Hall–Kier alpha value is 0.129. The Morgan fingerprint density at radius 1 is 1.50 bits per heavy atom. The number of rotatable bonds is 0. The van der Waals surface area contributed by atoms with Crippen molar-refractivity contribution in [1.29, 1.82) is 0 Å². The van der Waals surface area contributed by atoms with Gasteiger partial charge >= 0.3 is 20.1 Å². The molecule has 0 radical (unpaired) electrons. The zero-order valence-electron chi connectivity index (χ0n) is 3.27. The Morgan fingerprint density at radius 3 is 2.50 bits per heavy atom. The molecule has 0 spiro atoms. The van der Waals surface area contributed by atoms with Crippen molar-refractivity contribution in [3.8, 4) is 0 Å². The van der Waals surface area contributed by atoms with Gasteiger partial charge in [-0.05, 0) is 0 Å². The van der Waals surface area contributed by atoms with Crippen LogP contribution in [-0.4, -0.2) is 0 Å². The van der Waals surface area contributed by atoms with E-state index in [1.54, 1.807) is 0 Å². The normalized spacial score (nSPS) is 14.7. The summed E-state index contributed by atoms with van der Waals surface area (Å²) in [6.45, 7) is 0. The molecule has 6 heavy (non-hydrogen) atoms. The summed E-state index contributed by atoms with van der Waals surface area (Å²) in [4.78, 5) is 0. The van der Waals surface area contributed by atoms with Gasteiger partial charge in [-0.25, -0.2) is 12.2 Å². The summed E-state index contributed by atoms with van der Waals surface area (Å²) in [7, 11) is 0. The van der Waals surface area contributed by atoms with Crippen LogP contribution in [0.5, 0.6) is 0 Å². The third kappa shape index (κ3) is 1.54. The van der Waals surface area contributed by atoms with Gasteiger partial charge in [0.05, 0.1) is 0 Å². The van der Waals surface area contributed by atoms with Gasteiger partial charge in [-0.2, -0.15) is 6.08 Å². The minimum absolute atomic E-state index is 0. The Kier molecular flexibility index (Phi) is 3.40. The van der Waals surface area contributed by atoms with E-state index in [9.17, 15) is 0 Å². The molecule has 0 unspecified atom stereocenters. The van der Waals surface area contributed by atoms with Crippen molar-refractivity contribution in [2.45, 2.75) is 6.42 Å². The molecule has 1 aliphatic carbocycles. The third-order valence-electron chi connectivity index (χ3n) is 0.586. The van der Waals surface area contributed by atoms with Crippen molar-refractivity contribution < 1.29 is 20.1 Å². The zero-order chi connectivity index (χ0) is 3.54.